The van der Waals surface area contributed by atoms with E-state index in [0.717, 1.165) is 0 Å². The molecular weight excluding hydrogens is 238 g/mol. The first kappa shape index (κ1) is 5.74. The lowest BCUT2D eigenvalue weighted by Gasteiger charge is -2.41. The summed E-state index contributed by atoms with van der Waals surface area (Å²) in [6, 6.07) is 5.31. The average Bonchev–Trinajstić information content (AvgIpc) is 2.52. The zero-order valence-electron chi connectivity index (χ0n) is 21.5. The van der Waals surface area contributed by atoms with Gasteiger partial charge in [-0.25, -0.2) is 0 Å². The predicted molar refractivity (Wildman–Crippen MR) is 77.4 cm³/mol. The van der Waals surface area contributed by atoms with Crippen LogP contribution >= 0.6 is 0 Å². The second-order valence-electron chi connectivity index (χ2n) is 4.77. The van der Waals surface area contributed by atoms with E-state index in [2.05, 4.69) is 0 Å². The lowest BCUT2D eigenvalue weighted by Crippen LogP contribution is -2.43. The molecule has 1 aliphatic rings. The Morgan fingerprint density at radius 1 is 1.53 bits per heavy atom. The first-order valence-corrected chi connectivity index (χ1v) is 6.18. The Kier molecular flexibility index (Phi) is 1.79. The molecule has 0 heterocycles. The molecule has 0 bridgehead atoms. The van der Waals surface area contributed by atoms with Gasteiger partial charge in [-0.05, 0) is 44.4 Å². The highest BCUT2D eigenvalue weighted by Gasteiger charge is 2.40. The van der Waals surface area contributed by atoms with Gasteiger partial charge >= 0.3 is 0 Å². The van der Waals surface area contributed by atoms with Gasteiger partial charge in [-0.3, -0.25) is 0 Å². The van der Waals surface area contributed by atoms with Crippen molar-refractivity contribution in [2.24, 2.45) is 5.92 Å². The van der Waals surface area contributed by atoms with E-state index in [4.69, 9.17) is 19.8 Å². The fourth-order valence-corrected chi connectivity index (χ4v) is 2.56. The van der Waals surface area contributed by atoms with E-state index in [1.807, 2.05) is 0 Å². The molecule has 0 saturated heterocycles. The first-order valence-electron chi connectivity index (χ1n) is 11.7. The lowest BCUT2D eigenvalue weighted by atomic mass is 9.71. The summed E-state index contributed by atoms with van der Waals surface area (Å²) in [5.74, 6) is -1.20. The standard InChI is InChI=1S/C16H25NO2/c1-17(2)12-14-7-4-5-10-16(14,18)13-8-6-9-15(11-13)19-3/h6,8-9,11,14,18H,4-5,7,10,12H2,1-3H3/t14-,16+/m0/s1/i1D3,2D3,3D3,10D2. The molecule has 2 atom stereocenters. The Hall–Kier alpha value is -1.06. The van der Waals surface area contributed by atoms with Crippen LogP contribution in [0.4, 0.5) is 0 Å². The number of methoxy groups -OCH3 is 1. The first-order chi connectivity index (χ1) is 13.4. The third kappa shape index (κ3) is 3.10. The van der Waals surface area contributed by atoms with Crippen molar-refractivity contribution in [3.05, 3.63) is 29.8 Å². The number of nitrogens with zero attached hydrogens (tertiary/aromatic N) is 1. The molecule has 3 nitrogen and oxygen atoms in total. The van der Waals surface area contributed by atoms with Gasteiger partial charge < -0.3 is 14.7 Å². The van der Waals surface area contributed by atoms with Crippen LogP contribution in [0.1, 0.15) is 46.3 Å². The van der Waals surface area contributed by atoms with Crippen LogP contribution in [0.2, 0.25) is 0 Å². The lowest BCUT2D eigenvalue weighted by molar-refractivity contribution is -0.0619. The summed E-state index contributed by atoms with van der Waals surface area (Å²) in [7, 11) is -2.76. The van der Waals surface area contributed by atoms with Gasteiger partial charge in [0.1, 0.15) is 5.75 Å². The monoisotopic (exact) mass is 274 g/mol. The van der Waals surface area contributed by atoms with E-state index < -0.39 is 45.4 Å². The van der Waals surface area contributed by atoms with E-state index in [-0.39, 0.29) is 24.2 Å². The van der Waals surface area contributed by atoms with Crippen molar-refractivity contribution in [3.8, 4) is 5.75 Å². The highest BCUT2D eigenvalue weighted by atomic mass is 16.5. The van der Waals surface area contributed by atoms with Crippen LogP contribution in [-0.2, 0) is 5.60 Å². The number of benzene rings is 1. The van der Waals surface area contributed by atoms with E-state index in [9.17, 15) is 5.11 Å². The minimum Gasteiger partial charge on any atom is -0.497 e. The smallest absolute Gasteiger partial charge is 0.119 e. The number of hydrogen-bond acceptors (Lipinski definition) is 3. The molecule has 0 spiro atoms. The Balaban J connectivity index is 2.52. The van der Waals surface area contributed by atoms with E-state index >= 15 is 0 Å². The van der Waals surface area contributed by atoms with Crippen molar-refractivity contribution in [3.63, 3.8) is 0 Å². The second-order valence-corrected chi connectivity index (χ2v) is 4.77. The largest absolute Gasteiger partial charge is 0.497 e. The average molecular weight is 274 g/mol. The fourth-order valence-electron chi connectivity index (χ4n) is 2.56. The summed E-state index contributed by atoms with van der Waals surface area (Å²) in [5.41, 5.74) is -2.26. The quantitative estimate of drug-likeness (QED) is 0.916. The zero-order valence-corrected chi connectivity index (χ0v) is 10.5. The minimum absolute atomic E-state index is 0.00464. The van der Waals surface area contributed by atoms with Gasteiger partial charge in [-0.2, -0.15) is 0 Å². The maximum atomic E-state index is 11.6. The third-order valence-corrected chi connectivity index (χ3v) is 3.51. The number of aliphatic hydroxyl groups is 1. The second kappa shape index (κ2) is 5.93. The van der Waals surface area contributed by atoms with Gasteiger partial charge in [0.05, 0.1) is 16.8 Å². The highest BCUT2D eigenvalue weighted by Crippen LogP contribution is 2.42. The van der Waals surface area contributed by atoms with Crippen LogP contribution in [0, 0.1) is 5.92 Å². The molecule has 0 radical (unpaired) electrons. The van der Waals surface area contributed by atoms with Crippen LogP contribution in [0.25, 0.3) is 0 Å². The maximum Gasteiger partial charge on any atom is 0.119 e. The minimum atomic E-state index is -2.98. The number of ether oxygens (including phenoxy) is 1. The molecular formula is C16H25NO2. The molecule has 1 fully saturated rings. The fraction of sp³-hybridized carbons (Fsp3) is 0.625. The van der Waals surface area contributed by atoms with Gasteiger partial charge in [0, 0.05) is 23.4 Å². The number of hydrogen-bond donors (Lipinski definition) is 1. The Morgan fingerprint density at radius 3 is 3.21 bits per heavy atom. The predicted octanol–water partition coefficient (Wildman–Crippen LogP) is 2.63. The SMILES string of the molecule is [2H]C([2H])([2H])Oc1cccc([C@@]2(O)[C@H](CN(C([2H])([2H])[2H])C([2H])([2H])[2H])CCCC2([2H])[2H])c1. The molecule has 0 unspecified atom stereocenters. The summed E-state index contributed by atoms with van der Waals surface area (Å²) in [6.45, 7) is -6.57. The molecule has 2 rings (SSSR count). The van der Waals surface area contributed by atoms with E-state index in [0.29, 0.717) is 11.3 Å². The van der Waals surface area contributed by atoms with Gasteiger partial charge in [0.15, 0.2) is 0 Å². The molecule has 1 aromatic rings. The molecule has 1 aromatic carbocycles. The Morgan fingerprint density at radius 2 is 2.42 bits per heavy atom. The molecule has 3 heteroatoms. The van der Waals surface area contributed by atoms with Crippen molar-refractivity contribution < 1.29 is 24.9 Å². The number of rotatable bonds is 4. The van der Waals surface area contributed by atoms with Crippen molar-refractivity contribution in [1.29, 1.82) is 0 Å². The molecule has 1 aliphatic carbocycles. The van der Waals surface area contributed by atoms with Crippen molar-refractivity contribution in [2.45, 2.75) is 31.2 Å². The summed E-state index contributed by atoms with van der Waals surface area (Å²) in [4.78, 5) is 0.305. The molecule has 19 heavy (non-hydrogen) atoms. The summed E-state index contributed by atoms with van der Waals surface area (Å²) in [6.07, 6.45) is -1.75. The molecule has 0 aromatic heterocycles. The Bertz CT molecular complexity index is 730. The summed E-state index contributed by atoms with van der Waals surface area (Å²) < 4.78 is 88.8. The van der Waals surface area contributed by atoms with Gasteiger partial charge in [0.2, 0.25) is 0 Å². The van der Waals surface area contributed by atoms with Crippen LogP contribution in [0.5, 0.6) is 5.75 Å². The molecule has 0 amide bonds. The van der Waals surface area contributed by atoms with Crippen LogP contribution < -0.4 is 4.74 Å². The summed E-state index contributed by atoms with van der Waals surface area (Å²) in [5, 5.41) is 11.6. The van der Waals surface area contributed by atoms with Crippen molar-refractivity contribution >= 4 is 0 Å². The molecule has 1 saturated carbocycles. The van der Waals surface area contributed by atoms with Gasteiger partial charge in [-0.1, -0.05) is 25.0 Å². The molecule has 1 N–H and O–H groups in total. The van der Waals surface area contributed by atoms with E-state index in [1.54, 1.807) is 0 Å². The third-order valence-electron chi connectivity index (χ3n) is 3.51. The molecule has 106 valence electrons. The van der Waals surface area contributed by atoms with Crippen molar-refractivity contribution in [2.75, 3.05) is 27.5 Å². The Labute approximate surface area is 131 Å². The van der Waals surface area contributed by atoms with Crippen LogP contribution in [-0.4, -0.2) is 37.5 Å². The normalized spacial score (nSPS) is 40.7. The van der Waals surface area contributed by atoms with Gasteiger partial charge in [-0.15, -0.1) is 0 Å². The van der Waals surface area contributed by atoms with Gasteiger partial charge in [0.25, 0.3) is 0 Å². The van der Waals surface area contributed by atoms with E-state index in [1.165, 1.54) is 24.3 Å². The highest BCUT2D eigenvalue weighted by molar-refractivity contribution is 5.33. The van der Waals surface area contributed by atoms with Crippen molar-refractivity contribution in [1.82, 2.24) is 4.90 Å². The topological polar surface area (TPSA) is 32.7 Å². The maximum absolute atomic E-state index is 11.6. The summed E-state index contributed by atoms with van der Waals surface area (Å²) >= 11 is 0. The zero-order chi connectivity index (χ0) is 23.2. The van der Waals surface area contributed by atoms with Crippen LogP contribution in [0.3, 0.4) is 0 Å². The molecule has 0 aliphatic heterocycles. The van der Waals surface area contributed by atoms with Crippen LogP contribution in [0.15, 0.2) is 24.3 Å².